The molecule has 1 aromatic heterocycles. The number of carbonyl (C=O) groups excluding carboxylic acids is 1. The molecule has 0 bridgehead atoms. The van der Waals surface area contributed by atoms with Crippen LogP contribution in [-0.2, 0) is 7.05 Å². The van der Waals surface area contributed by atoms with Gasteiger partial charge < -0.3 is 19.9 Å². The number of amides is 1. The topological polar surface area (TPSA) is 103 Å². The summed E-state index contributed by atoms with van der Waals surface area (Å²) in [5.74, 6) is -2.72. The molecule has 0 aliphatic carbocycles. The Morgan fingerprint density at radius 3 is 2.33 bits per heavy atom. The zero-order chi connectivity index (χ0) is 26.6. The fraction of sp³-hybridized carbons (Fsp3) is 0.261. The predicted octanol–water partition coefficient (Wildman–Crippen LogP) is 5.28. The van der Waals surface area contributed by atoms with Gasteiger partial charge in [-0.15, -0.1) is 0 Å². The zero-order valence-corrected chi connectivity index (χ0v) is 18.8. The van der Waals surface area contributed by atoms with Crippen molar-refractivity contribution in [2.75, 3.05) is 6.61 Å². The van der Waals surface area contributed by atoms with E-state index in [2.05, 4.69) is 15.2 Å². The van der Waals surface area contributed by atoms with Gasteiger partial charge in [0.1, 0.15) is 22.8 Å². The van der Waals surface area contributed by atoms with Crippen LogP contribution in [0.2, 0.25) is 0 Å². The smallest absolute Gasteiger partial charge is 0.422 e. The molecule has 13 heteroatoms. The minimum Gasteiger partial charge on any atom is -0.484 e. The third-order valence-electron chi connectivity index (χ3n) is 4.88. The van der Waals surface area contributed by atoms with Crippen LogP contribution < -0.4 is 14.8 Å². The average Bonchev–Trinajstić information content (AvgIpc) is 3.14. The van der Waals surface area contributed by atoms with Crippen molar-refractivity contribution in [2.45, 2.75) is 25.6 Å². The lowest BCUT2D eigenvalue weighted by Crippen LogP contribution is -2.27. The van der Waals surface area contributed by atoms with Crippen LogP contribution in [0.15, 0.2) is 48.5 Å². The Kier molecular flexibility index (Phi) is 7.80. The Labute approximate surface area is 201 Å². The maximum atomic E-state index is 13.7. The first-order valence-electron chi connectivity index (χ1n) is 10.3. The van der Waals surface area contributed by atoms with Gasteiger partial charge in [-0.1, -0.05) is 18.2 Å². The van der Waals surface area contributed by atoms with Gasteiger partial charge >= 0.3 is 12.1 Å². The second-order valence-electron chi connectivity index (χ2n) is 7.59. The summed E-state index contributed by atoms with van der Waals surface area (Å²) in [5, 5.41) is 15.2. The van der Waals surface area contributed by atoms with Crippen LogP contribution in [0.3, 0.4) is 0 Å². The summed E-state index contributed by atoms with van der Waals surface area (Å²) in [6.45, 7) is 0.0186. The van der Waals surface area contributed by atoms with E-state index < -0.39 is 48.4 Å². The van der Waals surface area contributed by atoms with Gasteiger partial charge in [-0.05, 0) is 36.8 Å². The first-order valence-corrected chi connectivity index (χ1v) is 10.3. The van der Waals surface area contributed by atoms with E-state index in [1.165, 1.54) is 49.5 Å². The zero-order valence-electron chi connectivity index (χ0n) is 18.8. The molecule has 8 nitrogen and oxygen atoms in total. The molecular weight excluding hydrogens is 493 g/mol. The summed E-state index contributed by atoms with van der Waals surface area (Å²) in [6.07, 6.45) is -7.71. The summed E-state index contributed by atoms with van der Waals surface area (Å²) < 4.78 is 75.8. The van der Waals surface area contributed by atoms with Crippen molar-refractivity contribution >= 4 is 11.9 Å². The maximum absolute atomic E-state index is 13.7. The van der Waals surface area contributed by atoms with Crippen LogP contribution in [0.5, 0.6) is 17.4 Å². The molecule has 0 spiro atoms. The van der Waals surface area contributed by atoms with E-state index in [4.69, 9.17) is 9.84 Å². The highest BCUT2D eigenvalue weighted by Crippen LogP contribution is 2.34. The van der Waals surface area contributed by atoms with Crippen LogP contribution in [0.25, 0.3) is 0 Å². The number of hydrogen-bond acceptors (Lipinski definition) is 5. The summed E-state index contributed by atoms with van der Waals surface area (Å²) in [6, 6.07) is 9.91. The first-order chi connectivity index (χ1) is 16.9. The van der Waals surface area contributed by atoms with E-state index >= 15 is 0 Å². The van der Waals surface area contributed by atoms with Crippen molar-refractivity contribution in [3.63, 3.8) is 0 Å². The number of benzene rings is 2. The fourth-order valence-corrected chi connectivity index (χ4v) is 3.18. The molecule has 0 saturated carbocycles. The van der Waals surface area contributed by atoms with E-state index in [0.29, 0.717) is 5.56 Å². The monoisotopic (exact) mass is 513 g/mol. The molecule has 0 aliphatic heterocycles. The fourth-order valence-electron chi connectivity index (χ4n) is 3.18. The van der Waals surface area contributed by atoms with Gasteiger partial charge in [-0.3, -0.25) is 4.79 Å². The normalized spacial score (nSPS) is 12.3. The van der Waals surface area contributed by atoms with Gasteiger partial charge in [0.2, 0.25) is 5.88 Å². The van der Waals surface area contributed by atoms with Crippen LogP contribution in [-0.4, -0.2) is 39.5 Å². The molecule has 1 heterocycles. The van der Waals surface area contributed by atoms with Crippen LogP contribution >= 0.6 is 0 Å². The highest BCUT2D eigenvalue weighted by Gasteiger charge is 2.31. The van der Waals surface area contributed by atoms with E-state index in [1.807, 2.05) is 0 Å². The lowest BCUT2D eigenvalue weighted by Gasteiger charge is -2.16. The van der Waals surface area contributed by atoms with Gasteiger partial charge in [0.05, 0.1) is 11.6 Å². The summed E-state index contributed by atoms with van der Waals surface area (Å²) in [7, 11) is 1.26. The van der Waals surface area contributed by atoms with Crippen molar-refractivity contribution in [3.8, 4) is 17.4 Å². The van der Waals surface area contributed by atoms with Gasteiger partial charge in [0, 0.05) is 13.1 Å². The van der Waals surface area contributed by atoms with Crippen LogP contribution in [0.4, 0.5) is 22.0 Å². The van der Waals surface area contributed by atoms with E-state index in [-0.39, 0.29) is 22.9 Å². The minimum atomic E-state index is -4.57. The number of carbonyl (C=O) groups is 2. The third kappa shape index (κ3) is 6.49. The van der Waals surface area contributed by atoms with Gasteiger partial charge in [-0.25, -0.2) is 18.3 Å². The summed E-state index contributed by atoms with van der Waals surface area (Å²) in [4.78, 5) is 24.0. The van der Waals surface area contributed by atoms with Crippen molar-refractivity contribution in [3.05, 3.63) is 70.9 Å². The number of rotatable bonds is 9. The SMILES string of the molecule is CC(NC(=O)c1c(C(F)F)nn(C)c1Oc1cccc(OCC(F)(F)F)c1)c1ccc(C(=O)O)cc1. The molecule has 36 heavy (non-hydrogen) atoms. The average molecular weight is 513 g/mol. The second-order valence-corrected chi connectivity index (χ2v) is 7.59. The predicted molar refractivity (Wildman–Crippen MR) is 116 cm³/mol. The van der Waals surface area contributed by atoms with Crippen molar-refractivity contribution in [1.29, 1.82) is 0 Å². The summed E-state index contributed by atoms with van der Waals surface area (Å²) in [5.41, 5.74) is -0.888. The Morgan fingerprint density at radius 2 is 1.75 bits per heavy atom. The number of carboxylic acids is 1. The number of aromatic carboxylic acids is 1. The molecule has 3 rings (SSSR count). The number of ether oxygens (including phenoxy) is 2. The number of nitrogens with zero attached hydrogens (tertiary/aromatic N) is 2. The molecule has 0 fully saturated rings. The number of aromatic nitrogens is 2. The standard InChI is InChI=1S/C23H20F5N3O5/c1-12(13-6-8-14(9-7-13)22(33)34)29-20(32)17-18(19(24)25)30-31(2)21(17)36-16-5-3-4-15(10-16)35-11-23(26,27)28/h3-10,12,19H,11H2,1-2H3,(H,29,32)(H,33,34). The van der Waals surface area contributed by atoms with Crippen molar-refractivity contribution < 1.29 is 46.1 Å². The van der Waals surface area contributed by atoms with E-state index in [0.717, 1.165) is 10.7 Å². The Morgan fingerprint density at radius 1 is 1.11 bits per heavy atom. The molecule has 1 amide bonds. The van der Waals surface area contributed by atoms with Gasteiger partial charge in [0.15, 0.2) is 6.61 Å². The number of hydrogen-bond donors (Lipinski definition) is 2. The highest BCUT2D eigenvalue weighted by atomic mass is 19.4. The molecule has 1 unspecified atom stereocenters. The Hall–Kier alpha value is -4.16. The molecular formula is C23H20F5N3O5. The molecule has 0 aliphatic rings. The van der Waals surface area contributed by atoms with Crippen molar-refractivity contribution in [1.82, 2.24) is 15.1 Å². The number of nitrogens with one attached hydrogen (secondary N) is 1. The largest absolute Gasteiger partial charge is 0.484 e. The quantitative estimate of drug-likeness (QED) is 0.378. The first kappa shape index (κ1) is 26.4. The number of carboxylic acid groups (broad SMARTS) is 1. The Bertz CT molecular complexity index is 1240. The molecule has 2 aromatic carbocycles. The van der Waals surface area contributed by atoms with E-state index in [1.54, 1.807) is 6.92 Å². The lowest BCUT2D eigenvalue weighted by molar-refractivity contribution is -0.153. The van der Waals surface area contributed by atoms with Gasteiger partial charge in [-0.2, -0.15) is 18.3 Å². The lowest BCUT2D eigenvalue weighted by atomic mass is 10.1. The maximum Gasteiger partial charge on any atom is 0.422 e. The molecule has 2 N–H and O–H groups in total. The Balaban J connectivity index is 1.86. The minimum absolute atomic E-state index is 0.0293. The van der Waals surface area contributed by atoms with Crippen molar-refractivity contribution in [2.24, 2.45) is 7.05 Å². The van der Waals surface area contributed by atoms with Gasteiger partial charge in [0.25, 0.3) is 12.3 Å². The molecule has 3 aromatic rings. The second kappa shape index (κ2) is 10.6. The number of halogens is 5. The van der Waals surface area contributed by atoms with Crippen LogP contribution in [0.1, 0.15) is 51.4 Å². The molecule has 192 valence electrons. The molecule has 0 saturated heterocycles. The molecule has 0 radical (unpaired) electrons. The van der Waals surface area contributed by atoms with Crippen LogP contribution in [0, 0.1) is 0 Å². The molecule has 1 atom stereocenters. The third-order valence-corrected chi connectivity index (χ3v) is 4.88. The highest BCUT2D eigenvalue weighted by molar-refractivity contribution is 5.98. The number of aryl methyl sites for hydroxylation is 1. The summed E-state index contributed by atoms with van der Waals surface area (Å²) >= 11 is 0. The number of alkyl halides is 5. The van der Waals surface area contributed by atoms with E-state index in [9.17, 15) is 31.5 Å².